The summed E-state index contributed by atoms with van der Waals surface area (Å²) in [7, 11) is -4.40. The normalized spacial score (nSPS) is 11.8. The Morgan fingerprint density at radius 3 is 1.95 bits per heavy atom. The Morgan fingerprint density at radius 1 is 0.769 bits per heavy atom. The molecule has 191 valence electrons. The maximum absolute atomic E-state index is 11.9. The maximum atomic E-state index is 11.9. The fraction of sp³-hybridized carbons (Fsp3) is 0.0385. The van der Waals surface area contributed by atoms with Crippen molar-refractivity contribution in [1.82, 2.24) is 4.98 Å². The number of nitrogens with zero attached hydrogens (tertiary/aromatic N) is 5. The molecule has 3 N–H and O–H groups in total. The van der Waals surface area contributed by atoms with Crippen molar-refractivity contribution in [3.05, 3.63) is 84.4 Å². The van der Waals surface area contributed by atoms with Crippen LogP contribution in [0.1, 0.15) is 5.56 Å². The fourth-order valence-electron chi connectivity index (χ4n) is 3.61. The number of thiazole rings is 1. The third-order valence-electron chi connectivity index (χ3n) is 5.46. The monoisotopic (exact) mass is 568 g/mol. The molecule has 0 unspecified atom stereocenters. The van der Waals surface area contributed by atoms with E-state index in [-0.39, 0.29) is 57.3 Å². The van der Waals surface area contributed by atoms with E-state index in [1.165, 1.54) is 6.07 Å². The Hall–Kier alpha value is -3.52. The number of phenolic OH excluding ortho intramolecular Hbond substituents is 2. The Bertz CT molecular complexity index is 1820. The molecule has 0 saturated carbocycles. The summed E-state index contributed by atoms with van der Waals surface area (Å²) in [6.07, 6.45) is 0. The molecule has 5 rings (SSSR count). The standard InChI is InChI=1S/C26H19N5O5S2.Na/c1-15-7-12-19-24(25(15)38(34,35)36)37-26(27-19)16-8-10-18(11-9-16)29-31-21-13-20(22(32)14-23(21)33)30-28-17-5-3-2-4-6-17;/h2-14,32-33H,1H3,(H,34,35,36);. The number of aromatic hydroxyl groups is 2. The van der Waals surface area contributed by atoms with Crippen molar-refractivity contribution in [1.29, 1.82) is 0 Å². The predicted molar refractivity (Wildman–Crippen MR) is 150 cm³/mol. The fourth-order valence-corrected chi connectivity index (χ4v) is 5.93. The van der Waals surface area contributed by atoms with Crippen molar-refractivity contribution in [3.8, 4) is 22.1 Å². The third kappa shape index (κ3) is 6.38. The Labute approximate surface area is 249 Å². The zero-order valence-electron chi connectivity index (χ0n) is 20.7. The smallest absolute Gasteiger partial charge is 0.296 e. The quantitative estimate of drug-likeness (QED) is 0.110. The molecule has 0 spiro atoms. The minimum absolute atomic E-state index is 0. The number of rotatable bonds is 6. The van der Waals surface area contributed by atoms with Crippen LogP contribution in [0.25, 0.3) is 20.8 Å². The Kier molecular flexibility index (Phi) is 8.54. The summed E-state index contributed by atoms with van der Waals surface area (Å²) in [5.74, 6) is -0.533. The molecule has 0 bridgehead atoms. The second-order valence-electron chi connectivity index (χ2n) is 8.17. The number of fused-ring (bicyclic) bond motifs is 1. The Morgan fingerprint density at radius 2 is 1.36 bits per heavy atom. The molecule has 1 heterocycles. The van der Waals surface area contributed by atoms with Crippen LogP contribution in [0.3, 0.4) is 0 Å². The SMILES string of the molecule is Cc1ccc2nc(-c3ccc(N=Nc4cc(N=Nc5ccccc5)c(O)cc4O)cc3)sc2c1S(=O)(=O)O.[Na]. The number of hydrogen-bond acceptors (Lipinski definition) is 10. The van der Waals surface area contributed by atoms with Gasteiger partial charge >= 0.3 is 0 Å². The molecule has 0 aliphatic carbocycles. The maximum Gasteiger partial charge on any atom is 0.296 e. The van der Waals surface area contributed by atoms with Crippen LogP contribution < -0.4 is 0 Å². The molecule has 1 aromatic heterocycles. The molecular formula is C26H19N5NaO5S2. The first-order valence-corrected chi connectivity index (χ1v) is 13.4. The van der Waals surface area contributed by atoms with Gasteiger partial charge in [0.2, 0.25) is 0 Å². The number of hydrogen-bond donors (Lipinski definition) is 3. The van der Waals surface area contributed by atoms with E-state index in [1.807, 2.05) is 18.2 Å². The molecule has 0 saturated heterocycles. The summed E-state index contributed by atoms with van der Waals surface area (Å²) in [5.41, 5.74) is 2.91. The van der Waals surface area contributed by atoms with Gasteiger partial charge < -0.3 is 10.2 Å². The zero-order valence-corrected chi connectivity index (χ0v) is 24.3. The average molecular weight is 569 g/mol. The van der Waals surface area contributed by atoms with Gasteiger partial charge in [0.05, 0.1) is 21.6 Å². The molecule has 0 atom stereocenters. The van der Waals surface area contributed by atoms with Crippen LogP contribution in [-0.4, -0.2) is 57.7 Å². The third-order valence-corrected chi connectivity index (χ3v) is 7.76. The molecule has 5 aromatic rings. The van der Waals surface area contributed by atoms with Crippen molar-refractivity contribution in [2.75, 3.05) is 0 Å². The first-order chi connectivity index (χ1) is 18.2. The van der Waals surface area contributed by atoms with Gasteiger partial charge in [0.1, 0.15) is 32.8 Å². The largest absolute Gasteiger partial charge is 0.505 e. The molecule has 0 fully saturated rings. The van der Waals surface area contributed by atoms with E-state index in [0.29, 0.717) is 32.2 Å². The van der Waals surface area contributed by atoms with E-state index in [9.17, 15) is 23.2 Å². The van der Waals surface area contributed by atoms with Crippen LogP contribution in [0.5, 0.6) is 11.5 Å². The Balaban J connectivity index is 0.00000353. The van der Waals surface area contributed by atoms with E-state index >= 15 is 0 Å². The van der Waals surface area contributed by atoms with Gasteiger partial charge in [-0.2, -0.15) is 18.6 Å². The number of phenols is 2. The van der Waals surface area contributed by atoms with Gasteiger partial charge in [-0.25, -0.2) is 4.98 Å². The van der Waals surface area contributed by atoms with Crippen LogP contribution in [0.4, 0.5) is 22.7 Å². The van der Waals surface area contributed by atoms with E-state index in [4.69, 9.17) is 0 Å². The van der Waals surface area contributed by atoms with Gasteiger partial charge in [-0.15, -0.1) is 21.6 Å². The first-order valence-electron chi connectivity index (χ1n) is 11.1. The van der Waals surface area contributed by atoms with Gasteiger partial charge in [-0.1, -0.05) is 24.3 Å². The van der Waals surface area contributed by atoms with Gasteiger partial charge in [0, 0.05) is 47.3 Å². The second kappa shape index (κ2) is 11.7. The van der Waals surface area contributed by atoms with Gasteiger partial charge in [0.15, 0.2) is 0 Å². The number of benzene rings is 4. The average Bonchev–Trinajstić information content (AvgIpc) is 3.31. The molecule has 13 heteroatoms. The van der Waals surface area contributed by atoms with Crippen molar-refractivity contribution in [2.24, 2.45) is 20.5 Å². The van der Waals surface area contributed by atoms with Crippen molar-refractivity contribution in [2.45, 2.75) is 11.8 Å². The second-order valence-corrected chi connectivity index (χ2v) is 10.5. The number of aryl methyl sites for hydroxylation is 1. The van der Waals surface area contributed by atoms with Crippen LogP contribution in [-0.2, 0) is 10.1 Å². The predicted octanol–water partition coefficient (Wildman–Crippen LogP) is 7.38. The number of azo groups is 2. The van der Waals surface area contributed by atoms with Gasteiger partial charge in [0.25, 0.3) is 10.1 Å². The molecule has 0 amide bonds. The van der Waals surface area contributed by atoms with Crippen LogP contribution in [0.2, 0.25) is 0 Å². The van der Waals surface area contributed by atoms with E-state index < -0.39 is 10.1 Å². The zero-order chi connectivity index (χ0) is 26.9. The van der Waals surface area contributed by atoms with Crippen LogP contribution in [0.15, 0.2) is 104 Å². The summed E-state index contributed by atoms with van der Waals surface area (Å²) < 4.78 is 33.8. The van der Waals surface area contributed by atoms with Crippen LogP contribution >= 0.6 is 11.3 Å². The molecule has 0 aliphatic rings. The van der Waals surface area contributed by atoms with Crippen molar-refractivity contribution in [3.63, 3.8) is 0 Å². The minimum atomic E-state index is -4.40. The van der Waals surface area contributed by atoms with Crippen molar-refractivity contribution >= 4 is 84.0 Å². The van der Waals surface area contributed by atoms with E-state index in [2.05, 4.69) is 25.4 Å². The first kappa shape index (κ1) is 28.5. The van der Waals surface area contributed by atoms with Crippen LogP contribution in [0, 0.1) is 6.92 Å². The van der Waals surface area contributed by atoms with Crippen molar-refractivity contribution < 1.29 is 23.2 Å². The topological polar surface area (TPSA) is 157 Å². The molecule has 10 nitrogen and oxygen atoms in total. The molecule has 4 aromatic carbocycles. The molecule has 39 heavy (non-hydrogen) atoms. The summed E-state index contributed by atoms with van der Waals surface area (Å²) in [4.78, 5) is 4.36. The summed E-state index contributed by atoms with van der Waals surface area (Å²) in [6.45, 7) is 1.61. The number of aromatic nitrogens is 1. The minimum Gasteiger partial charge on any atom is -0.505 e. The van der Waals surface area contributed by atoms with Gasteiger partial charge in [-0.3, -0.25) is 4.55 Å². The molecule has 0 aliphatic heterocycles. The summed E-state index contributed by atoms with van der Waals surface area (Å²) in [6, 6.07) is 21.7. The molecular weight excluding hydrogens is 549 g/mol. The van der Waals surface area contributed by atoms with Gasteiger partial charge in [-0.05, 0) is 55.0 Å². The summed E-state index contributed by atoms with van der Waals surface area (Å²) in [5, 5.41) is 37.2. The van der Waals surface area contributed by atoms with E-state index in [1.54, 1.807) is 55.5 Å². The molecule has 1 radical (unpaired) electrons. The van der Waals surface area contributed by atoms with E-state index in [0.717, 1.165) is 23.0 Å². The summed E-state index contributed by atoms with van der Waals surface area (Å²) >= 11 is 1.16.